The minimum Gasteiger partial charge on any atom is -0.396 e. The van der Waals surface area contributed by atoms with Gasteiger partial charge in [0.2, 0.25) is 0 Å². The average molecular weight is 158 g/mol. The lowest BCUT2D eigenvalue weighted by molar-refractivity contribution is 0.113. The molecule has 0 aromatic carbocycles. The Morgan fingerprint density at radius 3 is 2.18 bits per heavy atom. The van der Waals surface area contributed by atoms with Gasteiger partial charge in [0.15, 0.2) is 0 Å². The van der Waals surface area contributed by atoms with Crippen molar-refractivity contribution in [3.05, 3.63) is 0 Å². The predicted octanol–water partition coefficient (Wildman–Crippen LogP) is 1.17. The second kappa shape index (κ2) is 4.73. The van der Waals surface area contributed by atoms with Crippen LogP contribution in [-0.2, 0) is 0 Å². The molecule has 0 aromatic rings. The fourth-order valence-electron chi connectivity index (χ4n) is 2.07. The van der Waals surface area contributed by atoms with Gasteiger partial charge in [0.05, 0.1) is 0 Å². The number of aliphatic hydroxyl groups is 2. The maximum Gasteiger partial charge on any atom is 0.0461 e. The minimum absolute atomic E-state index is 0.279. The van der Waals surface area contributed by atoms with Crippen LogP contribution < -0.4 is 0 Å². The molecule has 11 heavy (non-hydrogen) atoms. The summed E-state index contributed by atoms with van der Waals surface area (Å²) in [4.78, 5) is 0. The van der Waals surface area contributed by atoms with E-state index in [0.29, 0.717) is 18.4 Å². The molecule has 0 aromatic heterocycles. The van der Waals surface area contributed by atoms with Gasteiger partial charge in [-0.25, -0.2) is 0 Å². The van der Waals surface area contributed by atoms with Crippen molar-refractivity contribution < 1.29 is 10.2 Å². The van der Waals surface area contributed by atoms with E-state index in [1.165, 1.54) is 19.3 Å². The van der Waals surface area contributed by atoms with Gasteiger partial charge in [-0.05, 0) is 24.7 Å². The maximum absolute atomic E-state index is 9.01. The summed E-state index contributed by atoms with van der Waals surface area (Å²) in [6.45, 7) is 0.589. The SMILES string of the molecule is OCC[C@@H]1CCCC[C@@H]1CO. The van der Waals surface area contributed by atoms with E-state index in [2.05, 4.69) is 0 Å². The zero-order valence-electron chi connectivity index (χ0n) is 7.00. The lowest BCUT2D eigenvalue weighted by Gasteiger charge is -2.29. The molecule has 1 aliphatic carbocycles. The van der Waals surface area contributed by atoms with Gasteiger partial charge >= 0.3 is 0 Å². The third-order valence-corrected chi connectivity index (χ3v) is 2.80. The fourth-order valence-corrected chi connectivity index (χ4v) is 2.07. The van der Waals surface area contributed by atoms with E-state index >= 15 is 0 Å². The quantitative estimate of drug-likeness (QED) is 0.647. The normalized spacial score (nSPS) is 32.2. The Hall–Kier alpha value is -0.0800. The van der Waals surface area contributed by atoms with E-state index in [9.17, 15) is 0 Å². The Bertz CT molecular complexity index is 102. The van der Waals surface area contributed by atoms with Gasteiger partial charge in [-0.3, -0.25) is 0 Å². The van der Waals surface area contributed by atoms with Crippen LogP contribution in [-0.4, -0.2) is 23.4 Å². The largest absolute Gasteiger partial charge is 0.396 e. The molecular weight excluding hydrogens is 140 g/mol. The molecule has 1 rings (SSSR count). The smallest absolute Gasteiger partial charge is 0.0461 e. The van der Waals surface area contributed by atoms with Crippen molar-refractivity contribution in [3.63, 3.8) is 0 Å². The van der Waals surface area contributed by atoms with Gasteiger partial charge in [0.1, 0.15) is 0 Å². The van der Waals surface area contributed by atoms with Gasteiger partial charge < -0.3 is 10.2 Å². The van der Waals surface area contributed by atoms with Crippen LogP contribution in [0.4, 0.5) is 0 Å². The molecule has 2 atom stereocenters. The third-order valence-electron chi connectivity index (χ3n) is 2.80. The first-order valence-corrected chi connectivity index (χ1v) is 4.60. The average Bonchev–Trinajstić information content (AvgIpc) is 2.06. The van der Waals surface area contributed by atoms with Crippen LogP contribution in [0, 0.1) is 11.8 Å². The molecule has 0 saturated heterocycles. The lowest BCUT2D eigenvalue weighted by Crippen LogP contribution is -2.23. The summed E-state index contributed by atoms with van der Waals surface area (Å²) in [5.41, 5.74) is 0. The Labute approximate surface area is 68.2 Å². The van der Waals surface area contributed by atoms with E-state index in [0.717, 1.165) is 12.8 Å². The molecule has 2 N–H and O–H groups in total. The van der Waals surface area contributed by atoms with E-state index in [4.69, 9.17) is 10.2 Å². The van der Waals surface area contributed by atoms with Crippen LogP contribution in [0.2, 0.25) is 0 Å². The molecule has 0 radical (unpaired) electrons. The monoisotopic (exact) mass is 158 g/mol. The molecule has 0 aliphatic heterocycles. The minimum atomic E-state index is 0.279. The summed E-state index contributed by atoms with van der Waals surface area (Å²) in [6.07, 6.45) is 5.77. The van der Waals surface area contributed by atoms with E-state index in [-0.39, 0.29) is 6.61 Å². The summed E-state index contributed by atoms with van der Waals surface area (Å²) < 4.78 is 0. The van der Waals surface area contributed by atoms with Crippen LogP contribution in [0.25, 0.3) is 0 Å². The van der Waals surface area contributed by atoms with E-state index in [1.807, 2.05) is 0 Å². The van der Waals surface area contributed by atoms with Gasteiger partial charge in [0.25, 0.3) is 0 Å². The molecule has 1 fully saturated rings. The molecule has 0 unspecified atom stereocenters. The highest BCUT2D eigenvalue weighted by atomic mass is 16.3. The molecule has 0 spiro atoms. The van der Waals surface area contributed by atoms with Crippen molar-refractivity contribution in [2.75, 3.05) is 13.2 Å². The van der Waals surface area contributed by atoms with Gasteiger partial charge in [-0.2, -0.15) is 0 Å². The second-order valence-electron chi connectivity index (χ2n) is 3.50. The van der Waals surface area contributed by atoms with Gasteiger partial charge in [-0.1, -0.05) is 19.3 Å². The zero-order chi connectivity index (χ0) is 8.10. The highest BCUT2D eigenvalue weighted by molar-refractivity contribution is 4.74. The highest BCUT2D eigenvalue weighted by Gasteiger charge is 2.23. The second-order valence-corrected chi connectivity index (χ2v) is 3.50. The molecular formula is C9H18O2. The van der Waals surface area contributed by atoms with Crippen LogP contribution in [0.3, 0.4) is 0 Å². The summed E-state index contributed by atoms with van der Waals surface area (Å²) in [7, 11) is 0. The van der Waals surface area contributed by atoms with Crippen molar-refractivity contribution in [2.24, 2.45) is 11.8 Å². The zero-order valence-corrected chi connectivity index (χ0v) is 7.00. The first-order valence-electron chi connectivity index (χ1n) is 4.60. The molecule has 0 bridgehead atoms. The molecule has 0 heterocycles. The van der Waals surface area contributed by atoms with Gasteiger partial charge in [0, 0.05) is 13.2 Å². The molecule has 0 amide bonds. The molecule has 2 nitrogen and oxygen atoms in total. The van der Waals surface area contributed by atoms with Crippen molar-refractivity contribution >= 4 is 0 Å². The van der Waals surface area contributed by atoms with Crippen LogP contribution in [0.5, 0.6) is 0 Å². The Balaban J connectivity index is 2.31. The number of rotatable bonds is 3. The summed E-state index contributed by atoms with van der Waals surface area (Å²) in [6, 6.07) is 0. The van der Waals surface area contributed by atoms with Crippen molar-refractivity contribution in [2.45, 2.75) is 32.1 Å². The highest BCUT2D eigenvalue weighted by Crippen LogP contribution is 2.31. The van der Waals surface area contributed by atoms with Crippen LogP contribution >= 0.6 is 0 Å². The number of hydrogen-bond donors (Lipinski definition) is 2. The Morgan fingerprint density at radius 2 is 1.64 bits per heavy atom. The summed E-state index contributed by atoms with van der Waals surface area (Å²) in [5, 5.41) is 17.8. The van der Waals surface area contributed by atoms with Crippen molar-refractivity contribution in [1.82, 2.24) is 0 Å². The first-order chi connectivity index (χ1) is 5.38. The Morgan fingerprint density at radius 1 is 1.00 bits per heavy atom. The molecule has 1 saturated carbocycles. The van der Waals surface area contributed by atoms with E-state index < -0.39 is 0 Å². The number of aliphatic hydroxyl groups excluding tert-OH is 2. The Kier molecular flexibility index (Phi) is 3.87. The summed E-state index contributed by atoms with van der Waals surface area (Å²) in [5.74, 6) is 1.05. The third kappa shape index (κ3) is 2.46. The van der Waals surface area contributed by atoms with Gasteiger partial charge in [-0.15, -0.1) is 0 Å². The van der Waals surface area contributed by atoms with Crippen molar-refractivity contribution in [3.8, 4) is 0 Å². The summed E-state index contributed by atoms with van der Waals surface area (Å²) >= 11 is 0. The molecule has 2 heteroatoms. The predicted molar refractivity (Wildman–Crippen MR) is 44.2 cm³/mol. The first kappa shape index (κ1) is 9.01. The van der Waals surface area contributed by atoms with Crippen LogP contribution in [0.1, 0.15) is 32.1 Å². The van der Waals surface area contributed by atoms with Crippen LogP contribution in [0.15, 0.2) is 0 Å². The van der Waals surface area contributed by atoms with E-state index in [1.54, 1.807) is 0 Å². The van der Waals surface area contributed by atoms with Crippen molar-refractivity contribution in [1.29, 1.82) is 0 Å². The fraction of sp³-hybridized carbons (Fsp3) is 1.00. The standard InChI is InChI=1S/C9H18O2/c10-6-5-8-3-1-2-4-9(8)7-11/h8-11H,1-7H2/t8-,9+/m0/s1. The molecule has 1 aliphatic rings. The number of hydrogen-bond acceptors (Lipinski definition) is 2. The molecule has 66 valence electrons. The lowest BCUT2D eigenvalue weighted by atomic mass is 9.78. The topological polar surface area (TPSA) is 40.5 Å². The maximum atomic E-state index is 9.01.